The van der Waals surface area contributed by atoms with Crippen molar-refractivity contribution in [1.29, 1.82) is 0 Å². The van der Waals surface area contributed by atoms with Crippen LogP contribution in [-0.2, 0) is 11.3 Å². The number of phenols is 1. The number of anilines is 1. The number of hydrogen-bond donors (Lipinski definition) is 4. The number of carbonyl (C=O) groups is 2. The Labute approximate surface area is 140 Å². The number of rotatable bonds is 7. The quantitative estimate of drug-likeness (QED) is 0.623. The highest BCUT2D eigenvalue weighted by molar-refractivity contribution is 5.95. The maximum Gasteiger partial charge on any atom is 0.251 e. The smallest absolute Gasteiger partial charge is 0.251 e. The van der Waals surface area contributed by atoms with E-state index in [2.05, 4.69) is 10.6 Å². The van der Waals surface area contributed by atoms with Crippen molar-refractivity contribution in [3.8, 4) is 5.75 Å². The Morgan fingerprint density at radius 1 is 1.17 bits per heavy atom. The van der Waals surface area contributed by atoms with Crippen LogP contribution in [0.25, 0.3) is 0 Å². The molecule has 2 aromatic rings. The normalized spacial score (nSPS) is 10.2. The number of nitrogens with one attached hydrogen (secondary N) is 2. The molecule has 0 spiro atoms. The Morgan fingerprint density at radius 2 is 1.96 bits per heavy atom. The summed E-state index contributed by atoms with van der Waals surface area (Å²) in [5.41, 5.74) is 8.13. The van der Waals surface area contributed by atoms with Gasteiger partial charge in [0.15, 0.2) is 0 Å². The van der Waals surface area contributed by atoms with Gasteiger partial charge in [0.2, 0.25) is 5.91 Å². The third kappa shape index (κ3) is 5.01. The third-order valence-electron chi connectivity index (χ3n) is 3.50. The SMILES string of the molecule is Cc1ccc(O)c(CNc2cccc(C(=O)NCCC(N)=O)c2)c1. The summed E-state index contributed by atoms with van der Waals surface area (Å²) < 4.78 is 0. The topological polar surface area (TPSA) is 104 Å². The molecule has 0 fully saturated rings. The van der Waals surface area contributed by atoms with E-state index >= 15 is 0 Å². The Morgan fingerprint density at radius 3 is 2.71 bits per heavy atom. The van der Waals surface area contributed by atoms with Crippen LogP contribution in [0.5, 0.6) is 5.75 Å². The maximum atomic E-state index is 12.0. The van der Waals surface area contributed by atoms with E-state index in [1.165, 1.54) is 0 Å². The zero-order valence-electron chi connectivity index (χ0n) is 13.5. The Hall–Kier alpha value is -3.02. The highest BCUT2D eigenvalue weighted by Gasteiger charge is 2.07. The Balaban J connectivity index is 1.98. The van der Waals surface area contributed by atoms with E-state index in [9.17, 15) is 14.7 Å². The molecule has 2 rings (SSSR count). The van der Waals surface area contributed by atoms with Crippen molar-refractivity contribution in [3.05, 3.63) is 59.2 Å². The lowest BCUT2D eigenvalue weighted by molar-refractivity contribution is -0.117. The standard InChI is InChI=1S/C18H21N3O3/c1-12-5-6-16(22)14(9-12)11-21-15-4-2-3-13(10-15)18(24)20-8-7-17(19)23/h2-6,9-10,21-22H,7-8,11H2,1H3,(H2,19,23)(H,20,24). The van der Waals surface area contributed by atoms with Crippen molar-refractivity contribution >= 4 is 17.5 Å². The van der Waals surface area contributed by atoms with Gasteiger partial charge in [-0.15, -0.1) is 0 Å². The van der Waals surface area contributed by atoms with Crippen LogP contribution in [0.4, 0.5) is 5.69 Å². The van der Waals surface area contributed by atoms with E-state index in [4.69, 9.17) is 5.73 Å². The lowest BCUT2D eigenvalue weighted by Gasteiger charge is -2.10. The molecule has 0 aromatic heterocycles. The van der Waals surface area contributed by atoms with Crippen molar-refractivity contribution in [2.24, 2.45) is 5.73 Å². The first-order chi connectivity index (χ1) is 11.5. The van der Waals surface area contributed by atoms with Gasteiger partial charge in [0.05, 0.1) is 0 Å². The van der Waals surface area contributed by atoms with Crippen LogP contribution in [0.1, 0.15) is 27.9 Å². The molecular weight excluding hydrogens is 306 g/mol. The highest BCUT2D eigenvalue weighted by Crippen LogP contribution is 2.20. The molecule has 2 aromatic carbocycles. The van der Waals surface area contributed by atoms with Crippen molar-refractivity contribution in [2.45, 2.75) is 19.9 Å². The van der Waals surface area contributed by atoms with Crippen molar-refractivity contribution < 1.29 is 14.7 Å². The summed E-state index contributed by atoms with van der Waals surface area (Å²) in [7, 11) is 0. The molecule has 0 unspecified atom stereocenters. The summed E-state index contributed by atoms with van der Waals surface area (Å²) in [5.74, 6) is -0.490. The molecule has 5 N–H and O–H groups in total. The number of carbonyl (C=O) groups excluding carboxylic acids is 2. The minimum atomic E-state index is -0.455. The second kappa shape index (κ2) is 8.01. The molecule has 6 nitrogen and oxygen atoms in total. The summed E-state index contributed by atoms with van der Waals surface area (Å²) in [5, 5.41) is 15.7. The molecule has 2 amide bonds. The Bertz CT molecular complexity index is 744. The monoisotopic (exact) mass is 327 g/mol. The van der Waals surface area contributed by atoms with E-state index in [0.717, 1.165) is 16.8 Å². The predicted molar refractivity (Wildman–Crippen MR) is 92.8 cm³/mol. The first-order valence-electron chi connectivity index (χ1n) is 7.64. The van der Waals surface area contributed by atoms with Gasteiger partial charge in [0.1, 0.15) is 5.75 Å². The van der Waals surface area contributed by atoms with Gasteiger partial charge in [0.25, 0.3) is 5.91 Å². The Kier molecular flexibility index (Phi) is 5.78. The molecule has 0 radical (unpaired) electrons. The van der Waals surface area contributed by atoms with Crippen LogP contribution >= 0.6 is 0 Å². The van der Waals surface area contributed by atoms with Gasteiger partial charge in [-0.1, -0.05) is 23.8 Å². The van der Waals surface area contributed by atoms with Gasteiger partial charge >= 0.3 is 0 Å². The molecule has 0 aliphatic carbocycles. The predicted octanol–water partition coefficient (Wildman–Crippen LogP) is 1.92. The molecule has 24 heavy (non-hydrogen) atoms. The average molecular weight is 327 g/mol. The van der Waals surface area contributed by atoms with Crippen molar-refractivity contribution in [2.75, 3.05) is 11.9 Å². The van der Waals surface area contributed by atoms with Crippen LogP contribution in [0, 0.1) is 6.92 Å². The van der Waals surface area contributed by atoms with Gasteiger partial charge in [-0.25, -0.2) is 0 Å². The number of nitrogens with two attached hydrogens (primary N) is 1. The van der Waals surface area contributed by atoms with Crippen LogP contribution in [0.2, 0.25) is 0 Å². The van der Waals surface area contributed by atoms with E-state index in [1.54, 1.807) is 24.3 Å². The number of primary amides is 1. The molecule has 0 bridgehead atoms. The molecule has 0 aliphatic heterocycles. The van der Waals surface area contributed by atoms with Gasteiger partial charge in [-0.3, -0.25) is 9.59 Å². The van der Waals surface area contributed by atoms with E-state index in [0.29, 0.717) is 12.1 Å². The number of benzene rings is 2. The van der Waals surface area contributed by atoms with Crippen LogP contribution in [-0.4, -0.2) is 23.5 Å². The summed E-state index contributed by atoms with van der Waals surface area (Å²) >= 11 is 0. The minimum absolute atomic E-state index is 0.107. The molecule has 0 saturated heterocycles. The lowest BCUT2D eigenvalue weighted by Crippen LogP contribution is -2.27. The first-order valence-corrected chi connectivity index (χ1v) is 7.64. The first kappa shape index (κ1) is 17.3. The minimum Gasteiger partial charge on any atom is -0.508 e. The third-order valence-corrected chi connectivity index (χ3v) is 3.50. The maximum absolute atomic E-state index is 12.0. The summed E-state index contributed by atoms with van der Waals surface area (Å²) in [6.45, 7) is 2.61. The molecule has 0 saturated carbocycles. The fourth-order valence-electron chi connectivity index (χ4n) is 2.22. The number of aryl methyl sites for hydroxylation is 1. The molecule has 126 valence electrons. The van der Waals surface area contributed by atoms with Crippen LogP contribution in [0.3, 0.4) is 0 Å². The molecule has 0 atom stereocenters. The summed E-state index contributed by atoms with van der Waals surface area (Å²) in [4.78, 5) is 22.7. The number of phenolic OH excluding ortho intramolecular Hbond substituents is 1. The molecule has 0 aliphatic rings. The molecule has 6 heteroatoms. The van der Waals surface area contributed by atoms with E-state index in [-0.39, 0.29) is 24.6 Å². The molecule has 0 heterocycles. The van der Waals surface area contributed by atoms with Crippen molar-refractivity contribution in [3.63, 3.8) is 0 Å². The second-order valence-corrected chi connectivity index (χ2v) is 5.54. The van der Waals surface area contributed by atoms with Gasteiger partial charge in [-0.05, 0) is 31.2 Å². The molecular formula is C18H21N3O3. The van der Waals surface area contributed by atoms with Gasteiger partial charge in [-0.2, -0.15) is 0 Å². The zero-order chi connectivity index (χ0) is 17.5. The summed E-state index contributed by atoms with van der Waals surface area (Å²) in [6.07, 6.45) is 0.107. The fourth-order valence-corrected chi connectivity index (χ4v) is 2.22. The lowest BCUT2D eigenvalue weighted by atomic mass is 10.1. The van der Waals surface area contributed by atoms with E-state index in [1.807, 2.05) is 25.1 Å². The fraction of sp³-hybridized carbons (Fsp3) is 0.222. The van der Waals surface area contributed by atoms with Crippen LogP contribution in [0.15, 0.2) is 42.5 Å². The number of aromatic hydroxyl groups is 1. The van der Waals surface area contributed by atoms with E-state index < -0.39 is 5.91 Å². The largest absolute Gasteiger partial charge is 0.508 e. The number of hydrogen-bond acceptors (Lipinski definition) is 4. The summed E-state index contributed by atoms with van der Waals surface area (Å²) in [6, 6.07) is 12.4. The second-order valence-electron chi connectivity index (χ2n) is 5.54. The van der Waals surface area contributed by atoms with Crippen molar-refractivity contribution in [1.82, 2.24) is 5.32 Å². The van der Waals surface area contributed by atoms with Crippen LogP contribution < -0.4 is 16.4 Å². The zero-order valence-corrected chi connectivity index (χ0v) is 13.5. The number of amides is 2. The highest BCUT2D eigenvalue weighted by atomic mass is 16.3. The average Bonchev–Trinajstić information content (AvgIpc) is 2.55. The van der Waals surface area contributed by atoms with Gasteiger partial charge in [0, 0.05) is 36.3 Å². The van der Waals surface area contributed by atoms with Gasteiger partial charge < -0.3 is 21.5 Å².